The minimum Gasteiger partial charge on any atom is -0.212 e. The Bertz CT molecular complexity index is 360. The predicted octanol–water partition coefficient (Wildman–Crippen LogP) is 3.79. The summed E-state index contributed by atoms with van der Waals surface area (Å²) in [6.45, 7) is 0. The SMILES string of the molecule is F/C=C(/F)C1=C(F)C(F)(F)C(F)=C1F. The Morgan fingerprint density at radius 3 is 1.86 bits per heavy atom. The molecule has 0 radical (unpaired) electrons. The van der Waals surface area contributed by atoms with Crippen molar-refractivity contribution in [3.8, 4) is 0 Å². The maximum absolute atomic E-state index is 12.5. The molecule has 1 aliphatic carbocycles. The third kappa shape index (κ3) is 1.23. The van der Waals surface area contributed by atoms with Crippen LogP contribution in [0.25, 0.3) is 0 Å². The fourth-order valence-corrected chi connectivity index (χ4v) is 0.862. The van der Waals surface area contributed by atoms with E-state index in [-0.39, 0.29) is 0 Å². The van der Waals surface area contributed by atoms with Gasteiger partial charge in [-0.15, -0.1) is 0 Å². The smallest absolute Gasteiger partial charge is 0.212 e. The van der Waals surface area contributed by atoms with Crippen molar-refractivity contribution in [2.24, 2.45) is 0 Å². The Kier molecular flexibility index (Phi) is 2.43. The van der Waals surface area contributed by atoms with Gasteiger partial charge in [0.2, 0.25) is 5.83 Å². The molecule has 0 atom stereocenters. The normalized spacial score (nSPS) is 22.4. The fraction of sp³-hybridized carbons (Fsp3) is 0.143. The highest BCUT2D eigenvalue weighted by Crippen LogP contribution is 2.48. The van der Waals surface area contributed by atoms with Crippen molar-refractivity contribution >= 4 is 0 Å². The van der Waals surface area contributed by atoms with E-state index in [9.17, 15) is 30.7 Å². The maximum Gasteiger partial charge on any atom is 0.353 e. The summed E-state index contributed by atoms with van der Waals surface area (Å²) >= 11 is 0. The topological polar surface area (TPSA) is 0 Å². The van der Waals surface area contributed by atoms with Crippen molar-refractivity contribution in [3.63, 3.8) is 0 Å². The monoisotopic (exact) mass is 218 g/mol. The molecule has 0 aromatic carbocycles. The lowest BCUT2D eigenvalue weighted by atomic mass is 10.2. The lowest BCUT2D eigenvalue weighted by molar-refractivity contribution is 0.0370. The van der Waals surface area contributed by atoms with Gasteiger partial charge >= 0.3 is 5.92 Å². The summed E-state index contributed by atoms with van der Waals surface area (Å²) in [6, 6.07) is 0. The first kappa shape index (κ1) is 10.8. The molecular formula is C7HF7. The molecule has 1 aliphatic rings. The summed E-state index contributed by atoms with van der Waals surface area (Å²) in [7, 11) is 0. The van der Waals surface area contributed by atoms with Crippen LogP contribution in [0.3, 0.4) is 0 Å². The zero-order valence-corrected chi connectivity index (χ0v) is 6.22. The molecule has 0 unspecified atom stereocenters. The number of halogens is 7. The van der Waals surface area contributed by atoms with Gasteiger partial charge in [0.15, 0.2) is 17.5 Å². The van der Waals surface area contributed by atoms with Crippen LogP contribution >= 0.6 is 0 Å². The highest BCUT2D eigenvalue weighted by atomic mass is 19.3. The average Bonchev–Trinajstić information content (AvgIpc) is 2.28. The molecule has 78 valence electrons. The molecule has 0 aliphatic heterocycles. The molecule has 1 rings (SSSR count). The van der Waals surface area contributed by atoms with E-state index in [1.165, 1.54) is 0 Å². The largest absolute Gasteiger partial charge is 0.353 e. The van der Waals surface area contributed by atoms with E-state index in [0.717, 1.165) is 0 Å². The molecule has 0 saturated heterocycles. The van der Waals surface area contributed by atoms with Crippen LogP contribution in [0.4, 0.5) is 30.7 Å². The first-order valence-electron chi connectivity index (χ1n) is 3.14. The van der Waals surface area contributed by atoms with Gasteiger partial charge in [0.05, 0.1) is 5.57 Å². The second-order valence-electron chi connectivity index (χ2n) is 2.35. The van der Waals surface area contributed by atoms with Crippen molar-refractivity contribution < 1.29 is 30.7 Å². The van der Waals surface area contributed by atoms with Gasteiger partial charge in [0, 0.05) is 0 Å². The molecule has 0 fully saturated rings. The molecule has 0 N–H and O–H groups in total. The number of allylic oxidation sites excluding steroid dienone is 5. The van der Waals surface area contributed by atoms with Gasteiger partial charge in [-0.1, -0.05) is 0 Å². The van der Waals surface area contributed by atoms with Crippen molar-refractivity contribution in [2.75, 3.05) is 0 Å². The Balaban J connectivity index is 3.39. The summed E-state index contributed by atoms with van der Waals surface area (Å²) in [6.07, 6.45) is -0.941. The van der Waals surface area contributed by atoms with Crippen LogP contribution in [0, 0.1) is 0 Å². The van der Waals surface area contributed by atoms with Gasteiger partial charge in [0.25, 0.3) is 0 Å². The fourth-order valence-electron chi connectivity index (χ4n) is 0.862. The van der Waals surface area contributed by atoms with Gasteiger partial charge < -0.3 is 0 Å². The van der Waals surface area contributed by atoms with Crippen LogP contribution in [-0.4, -0.2) is 5.92 Å². The zero-order chi connectivity index (χ0) is 11.1. The molecule has 7 heteroatoms. The van der Waals surface area contributed by atoms with E-state index in [1.807, 2.05) is 0 Å². The molecule has 0 heterocycles. The van der Waals surface area contributed by atoms with E-state index in [2.05, 4.69) is 0 Å². The van der Waals surface area contributed by atoms with Crippen LogP contribution in [-0.2, 0) is 0 Å². The molecule has 14 heavy (non-hydrogen) atoms. The Labute approximate surface area is 73.0 Å². The molecule has 0 spiro atoms. The number of hydrogen-bond acceptors (Lipinski definition) is 0. The van der Waals surface area contributed by atoms with Gasteiger partial charge in [0.1, 0.15) is 6.33 Å². The van der Waals surface area contributed by atoms with E-state index in [0.29, 0.717) is 0 Å². The first-order valence-corrected chi connectivity index (χ1v) is 3.14. The van der Waals surface area contributed by atoms with Gasteiger partial charge in [-0.3, -0.25) is 0 Å². The lowest BCUT2D eigenvalue weighted by Gasteiger charge is -2.05. The standard InChI is InChI=1S/C7HF7/c8-1-2(9)3-4(10)6(12)7(13,14)5(3)11/h1H/b2-1+. The highest BCUT2D eigenvalue weighted by Gasteiger charge is 2.52. The lowest BCUT2D eigenvalue weighted by Crippen LogP contribution is -2.14. The second-order valence-corrected chi connectivity index (χ2v) is 2.35. The van der Waals surface area contributed by atoms with Crippen LogP contribution < -0.4 is 0 Å². The summed E-state index contributed by atoms with van der Waals surface area (Å²) in [5.74, 6) is -15.0. The summed E-state index contributed by atoms with van der Waals surface area (Å²) < 4.78 is 85.5. The van der Waals surface area contributed by atoms with Crippen LogP contribution in [0.5, 0.6) is 0 Å². The molecule has 0 aromatic rings. The van der Waals surface area contributed by atoms with Gasteiger partial charge in [-0.05, 0) is 0 Å². The molecular weight excluding hydrogens is 217 g/mol. The van der Waals surface area contributed by atoms with Crippen molar-refractivity contribution in [3.05, 3.63) is 35.2 Å². The van der Waals surface area contributed by atoms with Crippen LogP contribution in [0.1, 0.15) is 0 Å². The molecule has 0 amide bonds. The van der Waals surface area contributed by atoms with Crippen LogP contribution in [0.2, 0.25) is 0 Å². The van der Waals surface area contributed by atoms with E-state index in [4.69, 9.17) is 0 Å². The van der Waals surface area contributed by atoms with E-state index >= 15 is 0 Å². The highest BCUT2D eigenvalue weighted by molar-refractivity contribution is 5.53. The Hall–Kier alpha value is -1.27. The van der Waals surface area contributed by atoms with Crippen LogP contribution in [0.15, 0.2) is 35.2 Å². The molecule has 0 saturated carbocycles. The number of hydrogen-bond donors (Lipinski definition) is 0. The Morgan fingerprint density at radius 2 is 1.57 bits per heavy atom. The third-order valence-electron chi connectivity index (χ3n) is 1.52. The van der Waals surface area contributed by atoms with Crippen molar-refractivity contribution in [1.29, 1.82) is 0 Å². The predicted molar refractivity (Wildman–Crippen MR) is 32.6 cm³/mol. The average molecular weight is 218 g/mol. The van der Waals surface area contributed by atoms with E-state index in [1.54, 1.807) is 0 Å². The molecule has 0 nitrogen and oxygen atoms in total. The summed E-state index contributed by atoms with van der Waals surface area (Å²) in [4.78, 5) is 0. The second kappa shape index (κ2) is 3.14. The van der Waals surface area contributed by atoms with Gasteiger partial charge in [-0.2, -0.15) is 8.78 Å². The molecule has 0 aromatic heterocycles. The minimum absolute atomic E-state index is 0.941. The summed E-state index contributed by atoms with van der Waals surface area (Å²) in [5, 5.41) is 0. The quantitative estimate of drug-likeness (QED) is 0.587. The van der Waals surface area contributed by atoms with Gasteiger partial charge in [-0.25, -0.2) is 22.0 Å². The minimum atomic E-state index is -4.86. The maximum atomic E-state index is 12.5. The number of rotatable bonds is 1. The molecule has 0 bridgehead atoms. The third-order valence-corrected chi connectivity index (χ3v) is 1.52. The summed E-state index contributed by atoms with van der Waals surface area (Å²) in [5.41, 5.74) is -2.02. The van der Waals surface area contributed by atoms with E-state index < -0.39 is 41.1 Å². The zero-order valence-electron chi connectivity index (χ0n) is 6.22. The van der Waals surface area contributed by atoms with Crippen molar-refractivity contribution in [1.82, 2.24) is 0 Å². The first-order chi connectivity index (χ1) is 6.34. The Morgan fingerprint density at radius 1 is 1.07 bits per heavy atom. The van der Waals surface area contributed by atoms with Crippen molar-refractivity contribution in [2.45, 2.75) is 5.92 Å². The number of alkyl halides is 2.